The highest BCUT2D eigenvalue weighted by Crippen LogP contribution is 2.35. The molecule has 2 rings (SSSR count). The average molecular weight is 321 g/mol. The molecule has 1 aromatic rings. The van der Waals surface area contributed by atoms with Crippen molar-refractivity contribution < 1.29 is 18.4 Å². The molecule has 0 spiro atoms. The predicted octanol–water partition coefficient (Wildman–Crippen LogP) is 1.39. The number of rotatable bonds is 6. The Kier molecular flexibility index (Phi) is 4.28. The van der Waals surface area contributed by atoms with Gasteiger partial charge in [-0.15, -0.1) is 0 Å². The van der Waals surface area contributed by atoms with E-state index in [0.29, 0.717) is 12.8 Å². The van der Waals surface area contributed by atoms with Crippen molar-refractivity contribution in [1.29, 1.82) is 0 Å². The number of hydrogen-bond donors (Lipinski definition) is 1. The molecule has 1 fully saturated rings. The second kappa shape index (κ2) is 5.65. The van der Waals surface area contributed by atoms with Crippen LogP contribution in [0.15, 0.2) is 23.1 Å². The topological polar surface area (TPSA) is 101 Å². The first kappa shape index (κ1) is 15.2. The third-order valence-corrected chi connectivity index (χ3v) is 5.42. The molecule has 1 N–H and O–H groups in total. The Labute approximate surface area is 121 Å². The molecule has 0 atom stereocenters. The number of sulfonamides is 1. The molecular formula is C11H13ClN2O5S. The van der Waals surface area contributed by atoms with E-state index < -0.39 is 14.9 Å². The molecule has 0 unspecified atom stereocenters. The van der Waals surface area contributed by atoms with Crippen molar-refractivity contribution in [3.8, 4) is 0 Å². The van der Waals surface area contributed by atoms with Crippen LogP contribution in [0.4, 0.5) is 5.69 Å². The Morgan fingerprint density at radius 3 is 2.60 bits per heavy atom. The fourth-order valence-corrected chi connectivity index (χ4v) is 4.06. The maximum absolute atomic E-state index is 12.5. The van der Waals surface area contributed by atoms with Gasteiger partial charge in [0.15, 0.2) is 0 Å². The molecule has 0 aliphatic heterocycles. The van der Waals surface area contributed by atoms with Crippen molar-refractivity contribution in [2.24, 2.45) is 0 Å². The first-order chi connectivity index (χ1) is 9.37. The van der Waals surface area contributed by atoms with Gasteiger partial charge in [0.25, 0.3) is 5.69 Å². The van der Waals surface area contributed by atoms with Gasteiger partial charge in [-0.05, 0) is 18.9 Å². The molecular weight excluding hydrogens is 308 g/mol. The van der Waals surface area contributed by atoms with Crippen LogP contribution >= 0.6 is 11.6 Å². The third-order valence-electron chi connectivity index (χ3n) is 2.99. The van der Waals surface area contributed by atoms with Crippen LogP contribution in [-0.4, -0.2) is 41.9 Å². The van der Waals surface area contributed by atoms with E-state index in [9.17, 15) is 18.5 Å². The van der Waals surface area contributed by atoms with Crippen LogP contribution in [0, 0.1) is 10.1 Å². The van der Waals surface area contributed by atoms with Gasteiger partial charge in [-0.3, -0.25) is 10.1 Å². The number of nitro benzene ring substituents is 1. The molecule has 110 valence electrons. The Morgan fingerprint density at radius 1 is 1.45 bits per heavy atom. The molecule has 1 aromatic carbocycles. The van der Waals surface area contributed by atoms with Crippen LogP contribution in [0.2, 0.25) is 5.02 Å². The van der Waals surface area contributed by atoms with E-state index in [4.69, 9.17) is 16.7 Å². The highest BCUT2D eigenvalue weighted by Gasteiger charge is 2.39. The summed E-state index contributed by atoms with van der Waals surface area (Å²) in [5.74, 6) is 0. The van der Waals surface area contributed by atoms with Crippen LogP contribution < -0.4 is 0 Å². The summed E-state index contributed by atoms with van der Waals surface area (Å²) in [5, 5.41) is 19.7. The summed E-state index contributed by atoms with van der Waals surface area (Å²) >= 11 is 5.86. The molecule has 20 heavy (non-hydrogen) atoms. The molecule has 9 heteroatoms. The Bertz CT molecular complexity index is 630. The summed E-state index contributed by atoms with van der Waals surface area (Å²) in [4.78, 5) is 9.77. The molecule has 1 saturated carbocycles. The summed E-state index contributed by atoms with van der Waals surface area (Å²) in [7, 11) is -3.95. The molecule has 0 amide bonds. The number of non-ortho nitro benzene ring substituents is 1. The van der Waals surface area contributed by atoms with Gasteiger partial charge >= 0.3 is 0 Å². The maximum Gasteiger partial charge on any atom is 0.270 e. The lowest BCUT2D eigenvalue weighted by atomic mass is 10.3. The van der Waals surface area contributed by atoms with Gasteiger partial charge in [0.2, 0.25) is 10.0 Å². The van der Waals surface area contributed by atoms with Crippen molar-refractivity contribution in [3.05, 3.63) is 33.3 Å². The van der Waals surface area contributed by atoms with E-state index in [1.165, 1.54) is 6.07 Å². The summed E-state index contributed by atoms with van der Waals surface area (Å²) in [6.45, 7) is -0.367. The van der Waals surface area contributed by atoms with E-state index in [1.54, 1.807) is 0 Å². The second-order valence-corrected chi connectivity index (χ2v) is 6.71. The van der Waals surface area contributed by atoms with E-state index >= 15 is 0 Å². The maximum atomic E-state index is 12.5. The Balaban J connectivity index is 2.47. The molecule has 0 aromatic heterocycles. The minimum absolute atomic E-state index is 0.0496. The van der Waals surface area contributed by atoms with Crippen LogP contribution in [0.25, 0.3) is 0 Å². The van der Waals surface area contributed by atoms with E-state index in [1.807, 2.05) is 0 Å². The van der Waals surface area contributed by atoms with Crippen LogP contribution in [0.1, 0.15) is 12.8 Å². The van der Waals surface area contributed by atoms with Gasteiger partial charge in [-0.25, -0.2) is 8.42 Å². The Hall–Kier alpha value is -1.22. The highest BCUT2D eigenvalue weighted by molar-refractivity contribution is 7.89. The minimum atomic E-state index is -3.95. The van der Waals surface area contributed by atoms with Gasteiger partial charge in [0.05, 0.1) is 16.6 Å². The number of nitro groups is 1. The lowest BCUT2D eigenvalue weighted by molar-refractivity contribution is -0.385. The van der Waals surface area contributed by atoms with Crippen molar-refractivity contribution in [3.63, 3.8) is 0 Å². The zero-order valence-electron chi connectivity index (χ0n) is 10.4. The number of hydrogen-bond acceptors (Lipinski definition) is 5. The smallest absolute Gasteiger partial charge is 0.270 e. The van der Waals surface area contributed by atoms with Crippen molar-refractivity contribution in [2.45, 2.75) is 23.8 Å². The third kappa shape index (κ3) is 2.93. The number of aliphatic hydroxyl groups excluding tert-OH is 1. The van der Waals surface area contributed by atoms with Gasteiger partial charge < -0.3 is 5.11 Å². The number of nitrogens with zero attached hydrogens (tertiary/aromatic N) is 2. The predicted molar refractivity (Wildman–Crippen MR) is 72.1 cm³/mol. The second-order valence-electron chi connectivity index (χ2n) is 4.44. The van der Waals surface area contributed by atoms with Crippen molar-refractivity contribution >= 4 is 27.3 Å². The average Bonchev–Trinajstić information content (AvgIpc) is 3.19. The highest BCUT2D eigenvalue weighted by atomic mass is 35.5. The zero-order valence-corrected chi connectivity index (χ0v) is 12.0. The molecule has 0 bridgehead atoms. The van der Waals surface area contributed by atoms with Crippen molar-refractivity contribution in [1.82, 2.24) is 4.31 Å². The molecule has 0 saturated heterocycles. The van der Waals surface area contributed by atoms with Crippen LogP contribution in [-0.2, 0) is 10.0 Å². The lowest BCUT2D eigenvalue weighted by Gasteiger charge is -2.21. The lowest BCUT2D eigenvalue weighted by Crippen LogP contribution is -2.35. The molecule has 7 nitrogen and oxygen atoms in total. The van der Waals surface area contributed by atoms with E-state index in [-0.39, 0.29) is 34.8 Å². The van der Waals surface area contributed by atoms with Gasteiger partial charge in [-0.2, -0.15) is 4.31 Å². The normalized spacial score (nSPS) is 15.6. The first-order valence-corrected chi connectivity index (χ1v) is 7.76. The SMILES string of the molecule is O=[N+]([O-])c1ccc(Cl)c(S(=O)(=O)N(CCO)C2CC2)c1. The molecule has 0 heterocycles. The molecule has 0 radical (unpaired) electrons. The first-order valence-electron chi connectivity index (χ1n) is 5.94. The monoisotopic (exact) mass is 320 g/mol. The summed E-state index contributed by atoms with van der Waals surface area (Å²) in [6, 6.07) is 3.12. The molecule has 1 aliphatic rings. The zero-order chi connectivity index (χ0) is 14.9. The number of halogens is 1. The summed E-state index contributed by atoms with van der Waals surface area (Å²) in [5.41, 5.74) is -0.340. The standard InChI is InChI=1S/C11H13ClN2O5S/c12-10-4-3-9(14(16)17)7-11(10)20(18,19)13(5-6-15)8-1-2-8/h3-4,7-8,15H,1-2,5-6H2. The Morgan fingerprint density at radius 2 is 2.10 bits per heavy atom. The number of benzene rings is 1. The van der Waals surface area contributed by atoms with Crippen LogP contribution in [0.3, 0.4) is 0 Å². The number of aliphatic hydroxyl groups is 1. The quantitative estimate of drug-likeness (QED) is 0.630. The van der Waals surface area contributed by atoms with Gasteiger partial charge in [-0.1, -0.05) is 11.6 Å². The van der Waals surface area contributed by atoms with Gasteiger partial charge in [0, 0.05) is 24.7 Å². The summed E-state index contributed by atoms with van der Waals surface area (Å²) in [6.07, 6.45) is 1.43. The fourth-order valence-electron chi connectivity index (χ4n) is 1.89. The van der Waals surface area contributed by atoms with Gasteiger partial charge in [0.1, 0.15) is 4.90 Å². The minimum Gasteiger partial charge on any atom is -0.395 e. The molecule has 1 aliphatic carbocycles. The fraction of sp³-hybridized carbons (Fsp3) is 0.455. The van der Waals surface area contributed by atoms with Crippen LogP contribution in [0.5, 0.6) is 0 Å². The van der Waals surface area contributed by atoms with Crippen molar-refractivity contribution in [2.75, 3.05) is 13.2 Å². The summed E-state index contributed by atoms with van der Waals surface area (Å²) < 4.78 is 26.2. The largest absolute Gasteiger partial charge is 0.395 e. The van der Waals surface area contributed by atoms with E-state index in [0.717, 1.165) is 16.4 Å². The van der Waals surface area contributed by atoms with E-state index in [2.05, 4.69) is 0 Å².